The first-order valence-electron chi connectivity index (χ1n) is 3.65. The zero-order valence-electron chi connectivity index (χ0n) is 6.92. The molecule has 12 heavy (non-hydrogen) atoms. The summed E-state index contributed by atoms with van der Waals surface area (Å²) in [5.74, 6) is -1.31. The highest BCUT2D eigenvalue weighted by Gasteiger charge is 2.40. The molecule has 1 aliphatic heterocycles. The molecule has 1 fully saturated rings. The second kappa shape index (κ2) is 4.05. The number of alkyl halides is 1. The minimum absolute atomic E-state index is 0. The maximum atomic E-state index is 13.2. The van der Waals surface area contributed by atoms with E-state index in [4.69, 9.17) is 5.11 Å². The highest BCUT2D eigenvalue weighted by molar-refractivity contribution is 5.85. The Kier molecular flexibility index (Phi) is 3.93. The highest BCUT2D eigenvalue weighted by Crippen LogP contribution is 2.25. The summed E-state index contributed by atoms with van der Waals surface area (Å²) in [5.41, 5.74) is -1.97. The number of carbonyl (C=O) groups is 1. The van der Waals surface area contributed by atoms with Crippen LogP contribution in [0.5, 0.6) is 0 Å². The summed E-state index contributed by atoms with van der Waals surface area (Å²) in [6.45, 7) is 1.06. The number of likely N-dealkylation sites (tertiary alicyclic amines) is 1. The van der Waals surface area contributed by atoms with Crippen molar-refractivity contribution in [1.82, 2.24) is 4.90 Å². The summed E-state index contributed by atoms with van der Waals surface area (Å²) in [5, 5.41) is 8.49. The zero-order chi connectivity index (χ0) is 8.48. The summed E-state index contributed by atoms with van der Waals surface area (Å²) >= 11 is 0. The monoisotopic (exact) mass is 197 g/mol. The van der Waals surface area contributed by atoms with Gasteiger partial charge in [-0.25, -0.2) is 9.18 Å². The van der Waals surface area contributed by atoms with E-state index >= 15 is 0 Å². The third-order valence-electron chi connectivity index (χ3n) is 2.16. The number of hydrogen-bond acceptors (Lipinski definition) is 2. The van der Waals surface area contributed by atoms with Crippen LogP contribution >= 0.6 is 12.4 Å². The Hall–Kier alpha value is -0.350. The summed E-state index contributed by atoms with van der Waals surface area (Å²) in [6.07, 6.45) is 0.220. The molecule has 0 aromatic heterocycles. The first-order valence-corrected chi connectivity index (χ1v) is 3.65. The predicted octanol–water partition coefficient (Wildman–Crippen LogP) is 0.927. The van der Waals surface area contributed by atoms with Crippen LogP contribution in [0.25, 0.3) is 0 Å². The Labute approximate surface area is 77.0 Å². The molecule has 1 aliphatic rings. The molecule has 1 heterocycles. The van der Waals surface area contributed by atoms with E-state index in [0.717, 1.165) is 0 Å². The molecular weight excluding hydrogens is 185 g/mol. The minimum Gasteiger partial charge on any atom is -0.479 e. The third kappa shape index (κ3) is 2.32. The SMILES string of the molecule is CN1CCC(F)(C(=O)O)CC1.Cl. The maximum Gasteiger partial charge on any atom is 0.341 e. The molecule has 0 aromatic carbocycles. The van der Waals surface area contributed by atoms with Crippen LogP contribution < -0.4 is 0 Å². The van der Waals surface area contributed by atoms with Crippen molar-refractivity contribution in [2.45, 2.75) is 18.5 Å². The molecule has 0 aromatic rings. The predicted molar refractivity (Wildman–Crippen MR) is 45.5 cm³/mol. The van der Waals surface area contributed by atoms with E-state index in [0.29, 0.717) is 13.1 Å². The fourth-order valence-corrected chi connectivity index (χ4v) is 1.19. The topological polar surface area (TPSA) is 40.5 Å². The van der Waals surface area contributed by atoms with Gasteiger partial charge in [-0.05, 0) is 7.05 Å². The molecule has 1 saturated heterocycles. The van der Waals surface area contributed by atoms with Crippen molar-refractivity contribution in [3.05, 3.63) is 0 Å². The molecule has 0 spiro atoms. The number of halogens is 2. The van der Waals surface area contributed by atoms with Gasteiger partial charge in [-0.3, -0.25) is 0 Å². The van der Waals surface area contributed by atoms with Crippen molar-refractivity contribution < 1.29 is 14.3 Å². The summed E-state index contributed by atoms with van der Waals surface area (Å²) in [4.78, 5) is 12.3. The van der Waals surface area contributed by atoms with E-state index in [9.17, 15) is 9.18 Å². The van der Waals surface area contributed by atoms with Crippen LogP contribution in [0.4, 0.5) is 4.39 Å². The van der Waals surface area contributed by atoms with Gasteiger partial charge in [0.05, 0.1) is 0 Å². The van der Waals surface area contributed by atoms with Crippen LogP contribution in [0, 0.1) is 0 Å². The molecule has 0 saturated carbocycles. The van der Waals surface area contributed by atoms with Gasteiger partial charge >= 0.3 is 5.97 Å². The molecule has 0 radical (unpaired) electrons. The maximum absolute atomic E-state index is 13.2. The molecule has 3 nitrogen and oxygen atoms in total. The zero-order valence-corrected chi connectivity index (χ0v) is 7.73. The summed E-state index contributed by atoms with van der Waals surface area (Å²) in [7, 11) is 1.86. The summed E-state index contributed by atoms with van der Waals surface area (Å²) < 4.78 is 13.2. The van der Waals surface area contributed by atoms with Gasteiger partial charge in [-0.2, -0.15) is 0 Å². The largest absolute Gasteiger partial charge is 0.479 e. The lowest BCUT2D eigenvalue weighted by Crippen LogP contribution is -2.44. The van der Waals surface area contributed by atoms with Gasteiger partial charge in [-0.15, -0.1) is 12.4 Å². The molecule has 5 heteroatoms. The fourth-order valence-electron chi connectivity index (χ4n) is 1.19. The number of carboxylic acid groups (broad SMARTS) is 1. The van der Waals surface area contributed by atoms with Crippen molar-refractivity contribution in [2.24, 2.45) is 0 Å². The lowest BCUT2D eigenvalue weighted by molar-refractivity contribution is -0.154. The standard InChI is InChI=1S/C7H12FNO2.ClH/c1-9-4-2-7(8,3-5-9)6(10)11;/h2-5H2,1H3,(H,10,11);1H. The lowest BCUT2D eigenvalue weighted by atomic mass is 9.94. The van der Waals surface area contributed by atoms with Crippen molar-refractivity contribution in [2.75, 3.05) is 20.1 Å². The van der Waals surface area contributed by atoms with E-state index in [-0.39, 0.29) is 25.2 Å². The molecule has 72 valence electrons. The summed E-state index contributed by atoms with van der Waals surface area (Å²) in [6, 6.07) is 0. The Morgan fingerprint density at radius 2 is 1.92 bits per heavy atom. The smallest absolute Gasteiger partial charge is 0.341 e. The van der Waals surface area contributed by atoms with Gasteiger partial charge in [0, 0.05) is 25.9 Å². The third-order valence-corrected chi connectivity index (χ3v) is 2.16. The van der Waals surface area contributed by atoms with E-state index in [1.807, 2.05) is 11.9 Å². The molecule has 0 amide bonds. The van der Waals surface area contributed by atoms with Crippen LogP contribution in [0.1, 0.15) is 12.8 Å². The first kappa shape index (κ1) is 11.6. The quantitative estimate of drug-likeness (QED) is 0.680. The van der Waals surface area contributed by atoms with Crippen molar-refractivity contribution in [3.63, 3.8) is 0 Å². The lowest BCUT2D eigenvalue weighted by Gasteiger charge is -2.30. The van der Waals surface area contributed by atoms with E-state index in [1.165, 1.54) is 0 Å². The molecule has 1 rings (SSSR count). The van der Waals surface area contributed by atoms with Crippen molar-refractivity contribution >= 4 is 18.4 Å². The Balaban J connectivity index is 0.00000121. The second-order valence-electron chi connectivity index (χ2n) is 3.07. The van der Waals surface area contributed by atoms with E-state index in [2.05, 4.69) is 0 Å². The Morgan fingerprint density at radius 3 is 2.25 bits per heavy atom. The van der Waals surface area contributed by atoms with Crippen LogP contribution in [-0.2, 0) is 4.79 Å². The number of carboxylic acids is 1. The van der Waals surface area contributed by atoms with Gasteiger partial charge in [0.2, 0.25) is 5.67 Å². The van der Waals surface area contributed by atoms with Crippen molar-refractivity contribution in [3.8, 4) is 0 Å². The average Bonchev–Trinajstić information content (AvgIpc) is 1.95. The van der Waals surface area contributed by atoms with Gasteiger partial charge < -0.3 is 10.0 Å². The highest BCUT2D eigenvalue weighted by atomic mass is 35.5. The van der Waals surface area contributed by atoms with E-state index < -0.39 is 11.6 Å². The average molecular weight is 198 g/mol. The normalized spacial score (nSPS) is 22.8. The minimum atomic E-state index is -1.97. The molecule has 0 unspecified atom stereocenters. The molecule has 1 N–H and O–H groups in total. The van der Waals surface area contributed by atoms with Gasteiger partial charge in [0.15, 0.2) is 0 Å². The first-order chi connectivity index (χ1) is 5.04. The molecule has 0 aliphatic carbocycles. The number of nitrogens with zero attached hydrogens (tertiary/aromatic N) is 1. The van der Waals surface area contributed by atoms with Crippen molar-refractivity contribution in [1.29, 1.82) is 0 Å². The number of hydrogen-bond donors (Lipinski definition) is 1. The Morgan fingerprint density at radius 1 is 1.50 bits per heavy atom. The van der Waals surface area contributed by atoms with E-state index in [1.54, 1.807) is 0 Å². The van der Waals surface area contributed by atoms with Crippen LogP contribution in [-0.4, -0.2) is 41.8 Å². The number of piperidine rings is 1. The van der Waals surface area contributed by atoms with Crippen LogP contribution in [0.15, 0.2) is 0 Å². The number of rotatable bonds is 1. The van der Waals surface area contributed by atoms with Gasteiger partial charge in [0.25, 0.3) is 0 Å². The van der Waals surface area contributed by atoms with Crippen LogP contribution in [0.2, 0.25) is 0 Å². The van der Waals surface area contributed by atoms with Gasteiger partial charge in [-0.1, -0.05) is 0 Å². The molecular formula is C7H13ClFNO2. The fraction of sp³-hybridized carbons (Fsp3) is 0.857. The molecule has 0 bridgehead atoms. The van der Waals surface area contributed by atoms with Gasteiger partial charge in [0.1, 0.15) is 0 Å². The second-order valence-corrected chi connectivity index (χ2v) is 3.07. The molecule has 0 atom stereocenters. The van der Waals surface area contributed by atoms with Crippen LogP contribution in [0.3, 0.4) is 0 Å². The Bertz CT molecular complexity index is 169. The number of aliphatic carboxylic acids is 1.